The summed E-state index contributed by atoms with van der Waals surface area (Å²) in [6.07, 6.45) is 3.50. The van der Waals surface area contributed by atoms with Crippen molar-refractivity contribution in [2.24, 2.45) is 0 Å². The molecule has 1 aliphatic heterocycles. The van der Waals surface area contributed by atoms with Crippen LogP contribution < -0.4 is 10.1 Å². The van der Waals surface area contributed by atoms with Gasteiger partial charge in [-0.05, 0) is 37.6 Å². The Balaban J connectivity index is 1.95. The molecule has 0 bridgehead atoms. The standard InChI is InChI=1S/C16H22N2O2/c1-3-20-15-7-4-14(5-8-15)6-9-16(19)18-11-10-17-12-13(18)2/h4-9,13,17H,3,10-12H2,1-2H3. The van der Waals surface area contributed by atoms with E-state index in [1.54, 1.807) is 6.08 Å². The number of nitrogens with zero attached hydrogens (tertiary/aromatic N) is 1. The van der Waals surface area contributed by atoms with Crippen LogP contribution in [-0.2, 0) is 4.79 Å². The van der Waals surface area contributed by atoms with Gasteiger partial charge in [-0.1, -0.05) is 12.1 Å². The summed E-state index contributed by atoms with van der Waals surface area (Å²) < 4.78 is 5.39. The van der Waals surface area contributed by atoms with E-state index in [1.165, 1.54) is 0 Å². The molecule has 4 heteroatoms. The number of carbonyl (C=O) groups excluding carboxylic acids is 1. The van der Waals surface area contributed by atoms with Crippen molar-refractivity contribution in [3.8, 4) is 5.75 Å². The maximum absolute atomic E-state index is 12.1. The van der Waals surface area contributed by atoms with E-state index in [-0.39, 0.29) is 11.9 Å². The summed E-state index contributed by atoms with van der Waals surface area (Å²) in [6.45, 7) is 7.19. The molecule has 20 heavy (non-hydrogen) atoms. The highest BCUT2D eigenvalue weighted by Gasteiger charge is 2.20. The van der Waals surface area contributed by atoms with Crippen molar-refractivity contribution >= 4 is 12.0 Å². The Kier molecular flexibility index (Phi) is 5.18. The molecule has 0 spiro atoms. The van der Waals surface area contributed by atoms with Gasteiger partial charge in [0.1, 0.15) is 5.75 Å². The second-order valence-corrected chi connectivity index (χ2v) is 4.92. The normalized spacial score (nSPS) is 19.3. The van der Waals surface area contributed by atoms with Crippen LogP contribution in [0.1, 0.15) is 19.4 Å². The van der Waals surface area contributed by atoms with Gasteiger partial charge in [-0.3, -0.25) is 4.79 Å². The monoisotopic (exact) mass is 274 g/mol. The molecule has 4 nitrogen and oxygen atoms in total. The largest absolute Gasteiger partial charge is 0.494 e. The SMILES string of the molecule is CCOc1ccc(C=CC(=O)N2CCNCC2C)cc1. The molecule has 1 aromatic carbocycles. The third kappa shape index (κ3) is 3.84. The summed E-state index contributed by atoms with van der Waals surface area (Å²) in [7, 11) is 0. The van der Waals surface area contributed by atoms with Crippen LogP contribution in [0.3, 0.4) is 0 Å². The smallest absolute Gasteiger partial charge is 0.246 e. The fourth-order valence-corrected chi connectivity index (χ4v) is 2.27. The van der Waals surface area contributed by atoms with Crippen molar-refractivity contribution in [3.05, 3.63) is 35.9 Å². The summed E-state index contributed by atoms with van der Waals surface area (Å²) in [5.41, 5.74) is 1.00. The maximum atomic E-state index is 12.1. The Morgan fingerprint density at radius 2 is 2.20 bits per heavy atom. The number of rotatable bonds is 4. The van der Waals surface area contributed by atoms with E-state index in [0.717, 1.165) is 30.9 Å². The molecule has 1 heterocycles. The van der Waals surface area contributed by atoms with E-state index in [9.17, 15) is 4.79 Å². The van der Waals surface area contributed by atoms with Crippen LogP contribution in [0.2, 0.25) is 0 Å². The lowest BCUT2D eigenvalue weighted by Gasteiger charge is -2.33. The zero-order valence-corrected chi connectivity index (χ0v) is 12.1. The van der Waals surface area contributed by atoms with Crippen LogP contribution in [0.5, 0.6) is 5.75 Å². The number of amides is 1. The summed E-state index contributed by atoms with van der Waals surface area (Å²) in [5.74, 6) is 0.930. The van der Waals surface area contributed by atoms with E-state index in [1.807, 2.05) is 42.2 Å². The Hall–Kier alpha value is -1.81. The fourth-order valence-electron chi connectivity index (χ4n) is 2.27. The first-order valence-electron chi connectivity index (χ1n) is 7.13. The minimum absolute atomic E-state index is 0.0767. The number of ether oxygens (including phenoxy) is 1. The lowest BCUT2D eigenvalue weighted by atomic mass is 10.2. The van der Waals surface area contributed by atoms with Gasteiger partial charge >= 0.3 is 0 Å². The Morgan fingerprint density at radius 1 is 1.45 bits per heavy atom. The highest BCUT2D eigenvalue weighted by Crippen LogP contribution is 2.13. The van der Waals surface area contributed by atoms with E-state index < -0.39 is 0 Å². The molecule has 0 radical (unpaired) electrons. The highest BCUT2D eigenvalue weighted by atomic mass is 16.5. The Bertz CT molecular complexity index is 468. The van der Waals surface area contributed by atoms with E-state index in [2.05, 4.69) is 12.2 Å². The molecule has 1 unspecified atom stereocenters. The average molecular weight is 274 g/mol. The van der Waals surface area contributed by atoms with Crippen LogP contribution >= 0.6 is 0 Å². The molecule has 0 aromatic heterocycles. The van der Waals surface area contributed by atoms with Gasteiger partial charge in [0, 0.05) is 31.8 Å². The lowest BCUT2D eigenvalue weighted by molar-refractivity contribution is -0.128. The van der Waals surface area contributed by atoms with Crippen LogP contribution in [0.4, 0.5) is 0 Å². The molecule has 0 aliphatic carbocycles. The molecule has 2 rings (SSSR count). The fraction of sp³-hybridized carbons (Fsp3) is 0.438. The molecular weight excluding hydrogens is 252 g/mol. The van der Waals surface area contributed by atoms with Gasteiger partial charge in [-0.25, -0.2) is 0 Å². The molecule has 1 atom stereocenters. The molecule has 0 saturated carbocycles. The van der Waals surface area contributed by atoms with Crippen molar-refractivity contribution in [2.75, 3.05) is 26.2 Å². The first-order valence-corrected chi connectivity index (χ1v) is 7.13. The van der Waals surface area contributed by atoms with Crippen LogP contribution in [0, 0.1) is 0 Å². The van der Waals surface area contributed by atoms with E-state index in [0.29, 0.717) is 6.61 Å². The molecule has 1 N–H and O–H groups in total. The van der Waals surface area contributed by atoms with Gasteiger partial charge in [-0.15, -0.1) is 0 Å². The van der Waals surface area contributed by atoms with Crippen molar-refractivity contribution in [2.45, 2.75) is 19.9 Å². The maximum Gasteiger partial charge on any atom is 0.246 e. The zero-order valence-electron chi connectivity index (χ0n) is 12.1. The van der Waals surface area contributed by atoms with Crippen LogP contribution in [-0.4, -0.2) is 43.1 Å². The van der Waals surface area contributed by atoms with Gasteiger partial charge in [0.25, 0.3) is 0 Å². The minimum Gasteiger partial charge on any atom is -0.494 e. The van der Waals surface area contributed by atoms with Crippen LogP contribution in [0.15, 0.2) is 30.3 Å². The first-order chi connectivity index (χ1) is 9.70. The predicted molar refractivity (Wildman–Crippen MR) is 80.7 cm³/mol. The number of piperazine rings is 1. The number of hydrogen-bond donors (Lipinski definition) is 1. The van der Waals surface area contributed by atoms with Crippen molar-refractivity contribution in [1.29, 1.82) is 0 Å². The Morgan fingerprint density at radius 3 is 2.85 bits per heavy atom. The van der Waals surface area contributed by atoms with Gasteiger partial charge in [0.2, 0.25) is 5.91 Å². The topological polar surface area (TPSA) is 41.6 Å². The second-order valence-electron chi connectivity index (χ2n) is 4.92. The summed E-state index contributed by atoms with van der Waals surface area (Å²) >= 11 is 0. The van der Waals surface area contributed by atoms with E-state index in [4.69, 9.17) is 4.74 Å². The third-order valence-electron chi connectivity index (χ3n) is 3.39. The molecule has 1 fully saturated rings. The van der Waals surface area contributed by atoms with Gasteiger partial charge in [-0.2, -0.15) is 0 Å². The first kappa shape index (κ1) is 14.6. The number of benzene rings is 1. The molecule has 1 amide bonds. The molecule has 1 aromatic rings. The Labute approximate surface area is 120 Å². The third-order valence-corrected chi connectivity index (χ3v) is 3.39. The lowest BCUT2D eigenvalue weighted by Crippen LogP contribution is -2.51. The molecular formula is C16H22N2O2. The summed E-state index contributed by atoms with van der Waals surface area (Å²) in [4.78, 5) is 14.0. The predicted octanol–water partition coefficient (Wildman–Crippen LogP) is 1.92. The molecule has 108 valence electrons. The zero-order chi connectivity index (χ0) is 14.4. The van der Waals surface area contributed by atoms with Crippen molar-refractivity contribution in [3.63, 3.8) is 0 Å². The molecule has 1 saturated heterocycles. The van der Waals surface area contributed by atoms with Crippen molar-refractivity contribution in [1.82, 2.24) is 10.2 Å². The number of nitrogens with one attached hydrogen (secondary N) is 1. The van der Waals surface area contributed by atoms with Gasteiger partial charge in [0.15, 0.2) is 0 Å². The second kappa shape index (κ2) is 7.10. The van der Waals surface area contributed by atoms with Crippen LogP contribution in [0.25, 0.3) is 6.08 Å². The number of hydrogen-bond acceptors (Lipinski definition) is 3. The minimum atomic E-state index is 0.0767. The number of carbonyl (C=O) groups is 1. The summed E-state index contributed by atoms with van der Waals surface area (Å²) in [6, 6.07) is 8.00. The van der Waals surface area contributed by atoms with Gasteiger partial charge in [0.05, 0.1) is 6.61 Å². The molecule has 1 aliphatic rings. The summed E-state index contributed by atoms with van der Waals surface area (Å²) in [5, 5.41) is 3.28. The van der Waals surface area contributed by atoms with Crippen molar-refractivity contribution < 1.29 is 9.53 Å². The highest BCUT2D eigenvalue weighted by molar-refractivity contribution is 5.92. The average Bonchev–Trinajstić information content (AvgIpc) is 2.47. The van der Waals surface area contributed by atoms with Gasteiger partial charge < -0.3 is 15.0 Å². The van der Waals surface area contributed by atoms with E-state index >= 15 is 0 Å². The quantitative estimate of drug-likeness (QED) is 0.853.